The second-order valence-electron chi connectivity index (χ2n) is 8.76. The lowest BCUT2D eigenvalue weighted by Gasteiger charge is -2.34. The van der Waals surface area contributed by atoms with Crippen LogP contribution < -0.4 is 10.1 Å². The summed E-state index contributed by atoms with van der Waals surface area (Å²) < 4.78 is 7.12. The third-order valence-electron chi connectivity index (χ3n) is 6.27. The van der Waals surface area contributed by atoms with Gasteiger partial charge >= 0.3 is 5.97 Å². The molecule has 0 atom stereocenters. The first kappa shape index (κ1) is 22.8. The van der Waals surface area contributed by atoms with Gasteiger partial charge in [0.1, 0.15) is 5.75 Å². The van der Waals surface area contributed by atoms with Crippen molar-refractivity contribution in [3.05, 3.63) is 59.4 Å². The summed E-state index contributed by atoms with van der Waals surface area (Å²) in [4.78, 5) is 31.8. The van der Waals surface area contributed by atoms with E-state index < -0.39 is 5.97 Å². The summed E-state index contributed by atoms with van der Waals surface area (Å²) in [6.07, 6.45) is 1.78. The summed E-state index contributed by atoms with van der Waals surface area (Å²) in [5.74, 6) is -0.268. The first-order valence-electron chi connectivity index (χ1n) is 11.3. The molecule has 0 aliphatic carbocycles. The van der Waals surface area contributed by atoms with Crippen molar-refractivity contribution in [1.29, 1.82) is 0 Å². The number of methoxy groups -OCH3 is 1. The summed E-state index contributed by atoms with van der Waals surface area (Å²) in [5, 5.41) is 12.6. The highest BCUT2D eigenvalue weighted by Crippen LogP contribution is 2.22. The molecular weight excluding hydrogens is 420 g/mol. The second-order valence-corrected chi connectivity index (χ2v) is 8.76. The molecule has 33 heavy (non-hydrogen) atoms. The monoisotopic (exact) mass is 450 g/mol. The van der Waals surface area contributed by atoms with Crippen LogP contribution in [0.3, 0.4) is 0 Å². The van der Waals surface area contributed by atoms with E-state index in [-0.39, 0.29) is 23.3 Å². The quantitative estimate of drug-likeness (QED) is 0.573. The number of piperidine rings is 1. The number of amides is 1. The van der Waals surface area contributed by atoms with E-state index in [1.165, 1.54) is 6.07 Å². The Kier molecular flexibility index (Phi) is 6.65. The standard InChI is InChI=1S/C25H30N4O4/c1-16(2)28-11-9-19(10-12-28)26-24(30)23-27-21-8-7-18(25(31)32)14-22(21)29(23)15-17-5-4-6-20(13-17)33-3/h4-8,13-14,16,19H,9-12,15H2,1-3H3,(H,26,30)(H,31,32). The highest BCUT2D eigenvalue weighted by molar-refractivity contribution is 5.97. The molecule has 0 spiro atoms. The molecule has 2 aromatic carbocycles. The molecule has 8 heteroatoms. The molecule has 0 saturated carbocycles. The summed E-state index contributed by atoms with van der Waals surface area (Å²) in [6, 6.07) is 12.9. The van der Waals surface area contributed by atoms with Crippen LogP contribution in [0.5, 0.6) is 5.75 Å². The van der Waals surface area contributed by atoms with Gasteiger partial charge in [0.15, 0.2) is 5.82 Å². The van der Waals surface area contributed by atoms with Crippen LogP contribution in [-0.2, 0) is 6.54 Å². The van der Waals surface area contributed by atoms with Crippen molar-refractivity contribution in [2.45, 2.75) is 45.3 Å². The molecule has 0 radical (unpaired) electrons. The van der Waals surface area contributed by atoms with Crippen molar-refractivity contribution in [2.24, 2.45) is 0 Å². The predicted octanol–water partition coefficient (Wildman–Crippen LogP) is 3.39. The summed E-state index contributed by atoms with van der Waals surface area (Å²) in [5.41, 5.74) is 2.27. The number of carboxylic acid groups (broad SMARTS) is 1. The third-order valence-corrected chi connectivity index (χ3v) is 6.27. The number of likely N-dealkylation sites (tertiary alicyclic amines) is 1. The van der Waals surface area contributed by atoms with E-state index in [9.17, 15) is 14.7 Å². The van der Waals surface area contributed by atoms with Crippen LogP contribution in [0, 0.1) is 0 Å². The largest absolute Gasteiger partial charge is 0.497 e. The van der Waals surface area contributed by atoms with Gasteiger partial charge in [-0.1, -0.05) is 12.1 Å². The van der Waals surface area contributed by atoms with Gasteiger partial charge in [0.25, 0.3) is 5.91 Å². The van der Waals surface area contributed by atoms with Gasteiger partial charge in [-0.25, -0.2) is 9.78 Å². The Labute approximate surface area is 193 Å². The number of imidazole rings is 1. The van der Waals surface area contributed by atoms with E-state index in [2.05, 4.69) is 29.0 Å². The van der Waals surface area contributed by atoms with Crippen LogP contribution >= 0.6 is 0 Å². The number of rotatable bonds is 7. The number of hydrogen-bond acceptors (Lipinski definition) is 5. The molecule has 4 rings (SSSR count). The Morgan fingerprint density at radius 3 is 2.61 bits per heavy atom. The third kappa shape index (κ3) is 5.01. The van der Waals surface area contributed by atoms with E-state index in [1.807, 2.05) is 24.3 Å². The zero-order chi connectivity index (χ0) is 23.5. The van der Waals surface area contributed by atoms with Crippen molar-refractivity contribution >= 4 is 22.9 Å². The van der Waals surface area contributed by atoms with Gasteiger partial charge in [-0.15, -0.1) is 0 Å². The number of nitrogens with one attached hydrogen (secondary N) is 1. The highest BCUT2D eigenvalue weighted by atomic mass is 16.5. The fourth-order valence-corrected chi connectivity index (χ4v) is 4.35. The first-order valence-corrected chi connectivity index (χ1v) is 11.3. The molecule has 1 aliphatic heterocycles. The van der Waals surface area contributed by atoms with Crippen LogP contribution in [0.1, 0.15) is 53.2 Å². The van der Waals surface area contributed by atoms with Gasteiger partial charge in [-0.2, -0.15) is 0 Å². The van der Waals surface area contributed by atoms with Gasteiger partial charge in [0.05, 0.1) is 23.7 Å². The topological polar surface area (TPSA) is 96.7 Å². The number of nitrogens with zero attached hydrogens (tertiary/aromatic N) is 3. The number of carbonyl (C=O) groups excluding carboxylic acids is 1. The predicted molar refractivity (Wildman–Crippen MR) is 126 cm³/mol. The lowest BCUT2D eigenvalue weighted by Crippen LogP contribution is -2.47. The lowest BCUT2D eigenvalue weighted by atomic mass is 10.0. The number of carbonyl (C=O) groups is 2. The van der Waals surface area contributed by atoms with Crippen molar-refractivity contribution in [2.75, 3.05) is 20.2 Å². The van der Waals surface area contributed by atoms with Crippen molar-refractivity contribution in [3.8, 4) is 5.75 Å². The maximum absolute atomic E-state index is 13.3. The molecule has 2 N–H and O–H groups in total. The number of ether oxygens (including phenoxy) is 1. The fourth-order valence-electron chi connectivity index (χ4n) is 4.35. The molecule has 0 unspecified atom stereocenters. The Bertz CT molecular complexity index is 1160. The average molecular weight is 451 g/mol. The minimum atomic E-state index is -1.02. The van der Waals surface area contributed by atoms with E-state index >= 15 is 0 Å². The Morgan fingerprint density at radius 2 is 1.94 bits per heavy atom. The Morgan fingerprint density at radius 1 is 1.18 bits per heavy atom. The van der Waals surface area contributed by atoms with Gasteiger partial charge in [0, 0.05) is 31.7 Å². The van der Waals surface area contributed by atoms with E-state index in [0.29, 0.717) is 29.4 Å². The van der Waals surface area contributed by atoms with Crippen LogP contribution in [0.4, 0.5) is 0 Å². The van der Waals surface area contributed by atoms with Gasteiger partial charge in [-0.05, 0) is 62.6 Å². The molecule has 8 nitrogen and oxygen atoms in total. The van der Waals surface area contributed by atoms with Crippen LogP contribution in [0.2, 0.25) is 0 Å². The van der Waals surface area contributed by atoms with E-state index in [4.69, 9.17) is 4.74 Å². The normalized spacial score (nSPS) is 15.2. The molecule has 2 heterocycles. The summed E-state index contributed by atoms with van der Waals surface area (Å²) in [6.45, 7) is 6.64. The maximum atomic E-state index is 13.3. The van der Waals surface area contributed by atoms with E-state index in [0.717, 1.165) is 31.5 Å². The second kappa shape index (κ2) is 9.62. The number of hydrogen-bond donors (Lipinski definition) is 2. The van der Waals surface area contributed by atoms with Crippen molar-refractivity contribution in [3.63, 3.8) is 0 Å². The molecule has 1 amide bonds. The fraction of sp³-hybridized carbons (Fsp3) is 0.400. The molecule has 1 fully saturated rings. The van der Waals surface area contributed by atoms with Crippen molar-refractivity contribution < 1.29 is 19.4 Å². The highest BCUT2D eigenvalue weighted by Gasteiger charge is 2.25. The zero-order valence-electron chi connectivity index (χ0n) is 19.2. The molecule has 1 saturated heterocycles. The summed E-state index contributed by atoms with van der Waals surface area (Å²) >= 11 is 0. The van der Waals surface area contributed by atoms with Gasteiger partial charge < -0.3 is 24.6 Å². The minimum Gasteiger partial charge on any atom is -0.497 e. The molecule has 1 aliphatic rings. The Hall–Kier alpha value is -3.39. The molecule has 1 aromatic heterocycles. The molecule has 0 bridgehead atoms. The van der Waals surface area contributed by atoms with Crippen molar-refractivity contribution in [1.82, 2.24) is 19.8 Å². The van der Waals surface area contributed by atoms with Crippen LogP contribution in [0.25, 0.3) is 11.0 Å². The lowest BCUT2D eigenvalue weighted by molar-refractivity contribution is 0.0696. The Balaban J connectivity index is 1.65. The van der Waals surface area contributed by atoms with Gasteiger partial charge in [-0.3, -0.25) is 4.79 Å². The number of fused-ring (bicyclic) bond motifs is 1. The molecular formula is C25H30N4O4. The average Bonchev–Trinajstić information content (AvgIpc) is 3.17. The van der Waals surface area contributed by atoms with Crippen LogP contribution in [-0.4, -0.2) is 63.7 Å². The maximum Gasteiger partial charge on any atom is 0.335 e. The smallest absolute Gasteiger partial charge is 0.335 e. The van der Waals surface area contributed by atoms with Crippen LogP contribution in [0.15, 0.2) is 42.5 Å². The van der Waals surface area contributed by atoms with Gasteiger partial charge in [0.2, 0.25) is 0 Å². The number of aromatic carboxylic acids is 1. The zero-order valence-corrected chi connectivity index (χ0v) is 19.2. The van der Waals surface area contributed by atoms with E-state index in [1.54, 1.807) is 23.8 Å². The summed E-state index contributed by atoms with van der Waals surface area (Å²) in [7, 11) is 1.61. The molecule has 174 valence electrons. The number of carboxylic acids is 1. The first-order chi connectivity index (χ1) is 15.9. The number of aromatic nitrogens is 2. The number of benzene rings is 2. The molecule has 3 aromatic rings. The minimum absolute atomic E-state index is 0.0900. The SMILES string of the molecule is COc1cccc(Cn2c(C(=O)NC3CCN(C(C)C)CC3)nc3ccc(C(=O)O)cc32)c1.